The van der Waals surface area contributed by atoms with Crippen LogP contribution in [0.15, 0.2) is 30.3 Å². The van der Waals surface area contributed by atoms with Crippen molar-refractivity contribution in [1.82, 2.24) is 5.32 Å². The fourth-order valence-corrected chi connectivity index (χ4v) is 4.23. The molecular weight excluding hydrogens is 570 g/mol. The number of ether oxygens (including phenoxy) is 7. The lowest BCUT2D eigenvalue weighted by Crippen LogP contribution is -2.63. The molecule has 0 aliphatic carbocycles. The number of esters is 5. The lowest BCUT2D eigenvalue weighted by atomic mass is 9.90. The van der Waals surface area contributed by atoms with E-state index in [9.17, 15) is 28.8 Å². The Bertz CT molecular complexity index is 1150. The molecule has 0 unspecified atom stereocenters. The third kappa shape index (κ3) is 12.3. The van der Waals surface area contributed by atoms with Crippen LogP contribution in [0, 0.1) is 0 Å². The average molecular weight is 610 g/mol. The van der Waals surface area contributed by atoms with Crippen LogP contribution >= 0.6 is 0 Å². The third-order valence-corrected chi connectivity index (χ3v) is 5.75. The molecule has 0 saturated carbocycles. The summed E-state index contributed by atoms with van der Waals surface area (Å²) in [4.78, 5) is 73.9. The lowest BCUT2D eigenvalue weighted by molar-refractivity contribution is -0.254. The molecule has 238 valence electrons. The Kier molecular flexibility index (Phi) is 12.9. The number of amides is 1. The fraction of sp³-hybridized carbons (Fsp3) is 0.586. The predicted molar refractivity (Wildman–Crippen MR) is 146 cm³/mol. The molecule has 0 aromatic heterocycles. The minimum absolute atomic E-state index is 0.120. The van der Waals surface area contributed by atoms with Crippen molar-refractivity contribution < 1.29 is 61.9 Å². The number of alkyl carbamates (subject to hydrolysis) is 1. The van der Waals surface area contributed by atoms with Crippen LogP contribution < -0.4 is 5.32 Å². The molecule has 14 heteroatoms. The predicted octanol–water partition coefficient (Wildman–Crippen LogP) is 2.14. The third-order valence-electron chi connectivity index (χ3n) is 5.75. The summed E-state index contributed by atoms with van der Waals surface area (Å²) in [5, 5.41) is 2.46. The van der Waals surface area contributed by atoms with Crippen LogP contribution in [0.5, 0.6) is 0 Å². The van der Waals surface area contributed by atoms with E-state index < -0.39 is 84.7 Å². The van der Waals surface area contributed by atoms with Gasteiger partial charge in [-0.1, -0.05) is 30.3 Å². The monoisotopic (exact) mass is 609 g/mol. The molecule has 6 atom stereocenters. The van der Waals surface area contributed by atoms with Gasteiger partial charge in [0.05, 0.1) is 0 Å². The summed E-state index contributed by atoms with van der Waals surface area (Å²) < 4.78 is 38.2. The summed E-state index contributed by atoms with van der Waals surface area (Å²) in [5.41, 5.74) is -0.226. The van der Waals surface area contributed by atoms with Gasteiger partial charge in [-0.3, -0.25) is 19.2 Å². The topological polar surface area (TPSA) is 179 Å². The Morgan fingerprint density at radius 2 is 1.30 bits per heavy atom. The smallest absolute Gasteiger partial charge is 0.408 e. The number of benzene rings is 1. The number of rotatable bonds is 11. The molecule has 1 N–H and O–H groups in total. The summed E-state index contributed by atoms with van der Waals surface area (Å²) >= 11 is 0. The molecule has 0 bridgehead atoms. The van der Waals surface area contributed by atoms with E-state index in [-0.39, 0.29) is 13.0 Å². The minimum Gasteiger partial charge on any atom is -0.463 e. The Balaban J connectivity index is 2.48. The van der Waals surface area contributed by atoms with Crippen molar-refractivity contribution in [2.45, 2.75) is 104 Å². The molecule has 0 spiro atoms. The van der Waals surface area contributed by atoms with Gasteiger partial charge in [0.25, 0.3) is 0 Å². The van der Waals surface area contributed by atoms with Crippen LogP contribution in [0.1, 0.15) is 60.5 Å². The van der Waals surface area contributed by atoms with Gasteiger partial charge in [-0.2, -0.15) is 0 Å². The van der Waals surface area contributed by atoms with Crippen LogP contribution in [0.25, 0.3) is 0 Å². The van der Waals surface area contributed by atoms with Crippen LogP contribution in [-0.2, 0) is 63.7 Å². The quantitative estimate of drug-likeness (QED) is 0.285. The maximum atomic E-state index is 13.3. The normalized spacial score (nSPS) is 22.3. The number of hydrogen-bond acceptors (Lipinski definition) is 13. The van der Waals surface area contributed by atoms with E-state index in [2.05, 4.69) is 5.32 Å². The molecule has 2 rings (SSSR count). The zero-order valence-electron chi connectivity index (χ0n) is 25.3. The molecule has 1 aromatic rings. The van der Waals surface area contributed by atoms with Crippen molar-refractivity contribution in [2.24, 2.45) is 0 Å². The number of hydrogen-bond donors (Lipinski definition) is 1. The van der Waals surface area contributed by atoms with Crippen molar-refractivity contribution in [3.8, 4) is 0 Å². The van der Waals surface area contributed by atoms with Gasteiger partial charge in [-0.15, -0.1) is 0 Å². The molecule has 1 saturated heterocycles. The first kappa shape index (κ1) is 35.0. The second-order valence-electron chi connectivity index (χ2n) is 10.8. The first-order chi connectivity index (χ1) is 20.1. The van der Waals surface area contributed by atoms with Gasteiger partial charge in [0.15, 0.2) is 18.3 Å². The first-order valence-electron chi connectivity index (χ1n) is 13.6. The molecule has 1 fully saturated rings. The SMILES string of the molecule is CC(=O)OC[C@H]1O[C@H](C[C@H](NC(=O)OC(C)(C)C)C(=O)OCc2ccccc2)[C@H](OC(C)=O)[C@@H](OC(C)=O)[C@H]1OC(C)=O. The molecule has 1 amide bonds. The van der Waals surface area contributed by atoms with E-state index in [1.165, 1.54) is 0 Å². The van der Waals surface area contributed by atoms with E-state index >= 15 is 0 Å². The molecule has 1 aromatic carbocycles. The Morgan fingerprint density at radius 3 is 1.81 bits per heavy atom. The van der Waals surface area contributed by atoms with Crippen LogP contribution in [-0.4, -0.2) is 84.7 Å². The Hall–Kier alpha value is -4.20. The van der Waals surface area contributed by atoms with Crippen LogP contribution in [0.4, 0.5) is 4.79 Å². The molecule has 1 heterocycles. The summed E-state index contributed by atoms with van der Waals surface area (Å²) in [6.45, 7) is 8.77. The van der Waals surface area contributed by atoms with Gasteiger partial charge >= 0.3 is 35.9 Å². The highest BCUT2D eigenvalue weighted by molar-refractivity contribution is 5.81. The highest BCUT2D eigenvalue weighted by atomic mass is 16.7. The van der Waals surface area contributed by atoms with Gasteiger partial charge < -0.3 is 38.5 Å². The molecule has 43 heavy (non-hydrogen) atoms. The lowest BCUT2D eigenvalue weighted by Gasteiger charge is -2.45. The zero-order chi connectivity index (χ0) is 32.3. The second-order valence-corrected chi connectivity index (χ2v) is 10.8. The number of carbonyl (C=O) groups is 6. The van der Waals surface area contributed by atoms with Crippen molar-refractivity contribution in [1.29, 1.82) is 0 Å². The van der Waals surface area contributed by atoms with Gasteiger partial charge in [0.1, 0.15) is 37.1 Å². The molecule has 14 nitrogen and oxygen atoms in total. The van der Waals surface area contributed by atoms with E-state index in [4.69, 9.17) is 33.2 Å². The maximum absolute atomic E-state index is 13.3. The maximum Gasteiger partial charge on any atom is 0.408 e. The Labute approximate surface area is 249 Å². The molecular formula is C29H39NO13. The van der Waals surface area contributed by atoms with E-state index in [0.29, 0.717) is 5.56 Å². The minimum atomic E-state index is -1.44. The number of carbonyl (C=O) groups excluding carboxylic acids is 6. The van der Waals surface area contributed by atoms with E-state index in [1.807, 2.05) is 0 Å². The Morgan fingerprint density at radius 1 is 0.767 bits per heavy atom. The average Bonchev–Trinajstić information content (AvgIpc) is 2.87. The van der Waals surface area contributed by atoms with Gasteiger partial charge in [0, 0.05) is 34.1 Å². The summed E-state index contributed by atoms with van der Waals surface area (Å²) in [5.74, 6) is -3.95. The molecule has 1 aliphatic heterocycles. The standard InChI is InChI=1S/C29H39NO13/c1-16(31)37-15-23-25(40-18(3)33)26(41-19(4)34)24(39-17(2)32)22(42-23)13-21(30-28(36)43-29(5,6)7)27(35)38-14-20-11-9-8-10-12-20/h8-12,21-26H,13-15H2,1-7H3,(H,30,36)/t21-,22+,23+,24-,25-,26+/m0/s1. The first-order valence-corrected chi connectivity index (χ1v) is 13.6. The number of nitrogens with one attached hydrogen (secondary N) is 1. The second kappa shape index (κ2) is 15.9. The molecule has 1 aliphatic rings. The fourth-order valence-electron chi connectivity index (χ4n) is 4.23. The van der Waals surface area contributed by atoms with Crippen molar-refractivity contribution in [3.63, 3.8) is 0 Å². The summed E-state index contributed by atoms with van der Waals surface area (Å²) in [7, 11) is 0. The summed E-state index contributed by atoms with van der Waals surface area (Å²) in [6.07, 6.45) is -8.06. The molecule has 0 radical (unpaired) electrons. The highest BCUT2D eigenvalue weighted by Crippen LogP contribution is 2.31. The van der Waals surface area contributed by atoms with Crippen molar-refractivity contribution in [2.75, 3.05) is 6.61 Å². The van der Waals surface area contributed by atoms with E-state index in [1.54, 1.807) is 51.1 Å². The van der Waals surface area contributed by atoms with Gasteiger partial charge in [-0.05, 0) is 26.3 Å². The van der Waals surface area contributed by atoms with Gasteiger partial charge in [-0.25, -0.2) is 9.59 Å². The van der Waals surface area contributed by atoms with Crippen molar-refractivity contribution >= 4 is 35.9 Å². The zero-order valence-corrected chi connectivity index (χ0v) is 25.3. The summed E-state index contributed by atoms with van der Waals surface area (Å²) in [6, 6.07) is 7.38. The largest absolute Gasteiger partial charge is 0.463 e. The highest BCUT2D eigenvalue weighted by Gasteiger charge is 2.53. The van der Waals surface area contributed by atoms with E-state index in [0.717, 1.165) is 27.7 Å². The van der Waals surface area contributed by atoms with Crippen LogP contribution in [0.3, 0.4) is 0 Å². The van der Waals surface area contributed by atoms with Crippen molar-refractivity contribution in [3.05, 3.63) is 35.9 Å². The van der Waals surface area contributed by atoms with Gasteiger partial charge in [0.2, 0.25) is 0 Å². The van der Waals surface area contributed by atoms with Crippen LogP contribution in [0.2, 0.25) is 0 Å².